The molecule has 292 valence electrons. The van der Waals surface area contributed by atoms with Crippen LogP contribution in [0.5, 0.6) is 5.75 Å². The van der Waals surface area contributed by atoms with Crippen LogP contribution in [0.3, 0.4) is 0 Å². The number of hydrogen-bond acceptors (Lipinski definition) is 7. The number of non-ortho nitro benzene ring substituents is 1. The van der Waals surface area contributed by atoms with Gasteiger partial charge in [0, 0.05) is 41.8 Å². The Hall–Kier alpha value is -5.48. The summed E-state index contributed by atoms with van der Waals surface area (Å²) in [6.45, 7) is 0. The molecular formula is C38H34F7N3O7. The van der Waals surface area contributed by atoms with Crippen molar-refractivity contribution in [3.8, 4) is 5.75 Å². The predicted octanol–water partition coefficient (Wildman–Crippen LogP) is 8.53. The monoisotopic (exact) mass is 777 g/mol. The number of anilines is 1. The first-order valence-electron chi connectivity index (χ1n) is 17.4. The van der Waals surface area contributed by atoms with Crippen molar-refractivity contribution in [3.63, 3.8) is 0 Å². The molecule has 17 heteroatoms. The first kappa shape index (κ1) is 39.2. The maximum absolute atomic E-state index is 14.1. The number of halogens is 7. The number of alkyl halides is 6. The molecule has 0 spiro atoms. The Morgan fingerprint density at radius 3 is 2.22 bits per heavy atom. The number of carbonyl (C=O) groups excluding carboxylic acids is 3. The maximum Gasteiger partial charge on any atom is 0.419 e. The number of esters is 1. The average molecular weight is 778 g/mol. The molecule has 0 heterocycles. The normalized spacial score (nSPS) is 24.3. The SMILES string of the molecule is COc1ccc(C2CCCCC2OC(=O)c2ccc([N+](=O)[O-])cc2)cc1C(=O)N[C@H]1[C@@H](C(=O)Nc2ccc(F)c(C(F)(F)F)c2)[C@H]2CC[C@@H]1/C2=C\C(F)(F)F. The summed E-state index contributed by atoms with van der Waals surface area (Å²) in [6.07, 6.45) is -7.51. The summed E-state index contributed by atoms with van der Waals surface area (Å²) in [7, 11) is 1.30. The van der Waals surface area contributed by atoms with Gasteiger partial charge in [0.1, 0.15) is 17.7 Å². The van der Waals surface area contributed by atoms with Crippen LogP contribution in [0.2, 0.25) is 0 Å². The number of nitro groups is 1. The number of allylic oxidation sites excluding steroid dienone is 1. The third kappa shape index (κ3) is 8.44. The number of methoxy groups -OCH3 is 1. The molecular weight excluding hydrogens is 743 g/mol. The number of carbonyl (C=O) groups is 3. The molecule has 3 saturated carbocycles. The number of nitrogens with zero attached hydrogens (tertiary/aromatic N) is 1. The van der Waals surface area contributed by atoms with E-state index >= 15 is 0 Å². The van der Waals surface area contributed by atoms with Crippen molar-refractivity contribution in [2.45, 2.75) is 68.9 Å². The first-order chi connectivity index (χ1) is 25.9. The van der Waals surface area contributed by atoms with Crippen molar-refractivity contribution in [3.05, 3.63) is 110 Å². The minimum absolute atomic E-state index is 0.0253. The van der Waals surface area contributed by atoms with Crippen molar-refractivity contribution >= 4 is 29.2 Å². The number of rotatable bonds is 9. The summed E-state index contributed by atoms with van der Waals surface area (Å²) >= 11 is 0. The summed E-state index contributed by atoms with van der Waals surface area (Å²) < 4.78 is 107. The molecule has 3 aromatic carbocycles. The molecule has 0 aliphatic heterocycles. The highest BCUT2D eigenvalue weighted by Crippen LogP contribution is 2.54. The van der Waals surface area contributed by atoms with E-state index in [2.05, 4.69) is 10.6 Å². The van der Waals surface area contributed by atoms with Crippen molar-refractivity contribution in [2.75, 3.05) is 12.4 Å². The van der Waals surface area contributed by atoms with Gasteiger partial charge in [0.05, 0.1) is 34.6 Å². The fourth-order valence-electron chi connectivity index (χ4n) is 8.13. The molecule has 0 radical (unpaired) electrons. The molecule has 3 aromatic rings. The fourth-order valence-corrected chi connectivity index (χ4v) is 8.13. The number of nitrogens with one attached hydrogen (secondary N) is 2. The second kappa shape index (κ2) is 15.3. The van der Waals surface area contributed by atoms with Crippen LogP contribution in [-0.2, 0) is 15.7 Å². The highest BCUT2D eigenvalue weighted by atomic mass is 19.4. The van der Waals surface area contributed by atoms with Gasteiger partial charge in [-0.2, -0.15) is 26.3 Å². The molecule has 3 aliphatic carbocycles. The van der Waals surface area contributed by atoms with Gasteiger partial charge in [-0.05, 0) is 86.1 Å². The van der Waals surface area contributed by atoms with E-state index in [9.17, 15) is 55.2 Å². The number of benzene rings is 3. The lowest BCUT2D eigenvalue weighted by Gasteiger charge is -2.32. The Labute approximate surface area is 309 Å². The fraction of sp³-hybridized carbons (Fsp3) is 0.395. The third-order valence-corrected chi connectivity index (χ3v) is 10.5. The molecule has 2 amide bonds. The molecule has 2 N–H and O–H groups in total. The lowest BCUT2D eigenvalue weighted by molar-refractivity contribution is -0.384. The maximum atomic E-state index is 14.1. The molecule has 0 saturated heterocycles. The number of ether oxygens (including phenoxy) is 2. The van der Waals surface area contributed by atoms with Gasteiger partial charge in [-0.3, -0.25) is 19.7 Å². The van der Waals surface area contributed by atoms with Gasteiger partial charge >= 0.3 is 18.3 Å². The minimum Gasteiger partial charge on any atom is -0.496 e. The zero-order chi connectivity index (χ0) is 39.8. The van der Waals surface area contributed by atoms with Crippen molar-refractivity contribution in [2.24, 2.45) is 17.8 Å². The van der Waals surface area contributed by atoms with E-state index in [1.807, 2.05) is 0 Å². The zero-order valence-electron chi connectivity index (χ0n) is 29.0. The molecule has 6 rings (SSSR count). The zero-order valence-corrected chi connectivity index (χ0v) is 29.0. The Kier molecular flexibility index (Phi) is 10.9. The Morgan fingerprint density at radius 2 is 1.56 bits per heavy atom. The smallest absolute Gasteiger partial charge is 0.419 e. The number of hydrogen-bond donors (Lipinski definition) is 2. The average Bonchev–Trinajstić information content (AvgIpc) is 3.64. The molecule has 6 atom stereocenters. The summed E-state index contributed by atoms with van der Waals surface area (Å²) in [5.41, 5.74) is -1.73. The van der Waals surface area contributed by atoms with Crippen LogP contribution in [0.1, 0.15) is 76.3 Å². The van der Waals surface area contributed by atoms with Crippen LogP contribution < -0.4 is 15.4 Å². The first-order valence-corrected chi connectivity index (χ1v) is 17.4. The third-order valence-electron chi connectivity index (χ3n) is 10.5. The van der Waals surface area contributed by atoms with Crippen molar-refractivity contribution in [1.29, 1.82) is 0 Å². The van der Waals surface area contributed by atoms with Crippen LogP contribution in [0.4, 0.5) is 42.1 Å². The van der Waals surface area contributed by atoms with E-state index < -0.39 is 87.9 Å². The summed E-state index contributed by atoms with van der Waals surface area (Å²) in [6, 6.07) is 10.2. The molecule has 10 nitrogen and oxygen atoms in total. The van der Waals surface area contributed by atoms with E-state index in [1.165, 1.54) is 43.5 Å². The summed E-state index contributed by atoms with van der Waals surface area (Å²) in [5, 5.41) is 16.0. The Bertz CT molecular complexity index is 2020. The standard InChI is InChI=1S/C38H34F7N3O7/c1-54-30-15-8-20(23-4-2-3-5-31(23)55-36(51)19-6-10-22(11-7-19)48(52)53)16-26(30)34(49)47-33-25-13-12-24(27(25)18-37(40,41)42)32(33)35(50)46-21-9-14-29(39)28(17-21)38(43,44)45/h6-11,14-18,23-25,31-33H,2-5,12-13H2,1H3,(H,46,50)(H,47,49)/b27-18-/t23?,24-,25+,31?,32-,33+/m0/s1. The molecule has 2 unspecified atom stereocenters. The predicted molar refractivity (Wildman–Crippen MR) is 182 cm³/mol. The lowest BCUT2D eigenvalue weighted by atomic mass is 9.81. The van der Waals surface area contributed by atoms with Crippen molar-refractivity contribution in [1.82, 2.24) is 5.32 Å². The van der Waals surface area contributed by atoms with Gasteiger partial charge in [-0.25, -0.2) is 9.18 Å². The number of amides is 2. The van der Waals surface area contributed by atoms with Crippen LogP contribution in [0.25, 0.3) is 0 Å². The Balaban J connectivity index is 1.27. The highest BCUT2D eigenvalue weighted by Gasteiger charge is 2.56. The molecule has 0 aromatic heterocycles. The minimum atomic E-state index is -5.09. The molecule has 3 aliphatic rings. The van der Waals surface area contributed by atoms with E-state index in [4.69, 9.17) is 9.47 Å². The van der Waals surface area contributed by atoms with E-state index in [0.717, 1.165) is 18.9 Å². The lowest BCUT2D eigenvalue weighted by Crippen LogP contribution is -2.48. The summed E-state index contributed by atoms with van der Waals surface area (Å²) in [5.74, 6) is -7.58. The highest BCUT2D eigenvalue weighted by molar-refractivity contribution is 5.99. The Morgan fingerprint density at radius 1 is 0.873 bits per heavy atom. The van der Waals surface area contributed by atoms with E-state index in [1.54, 1.807) is 6.07 Å². The van der Waals surface area contributed by atoms with E-state index in [-0.39, 0.29) is 47.1 Å². The number of fused-ring (bicyclic) bond motifs is 2. The second-order valence-electron chi connectivity index (χ2n) is 13.8. The van der Waals surface area contributed by atoms with Gasteiger partial charge in [0.15, 0.2) is 0 Å². The number of nitro benzene ring substituents is 1. The van der Waals surface area contributed by atoms with Gasteiger partial charge in [0.25, 0.3) is 11.6 Å². The van der Waals surface area contributed by atoms with E-state index in [0.29, 0.717) is 30.5 Å². The molecule has 55 heavy (non-hydrogen) atoms. The van der Waals surface area contributed by atoms with Gasteiger partial charge in [-0.1, -0.05) is 18.1 Å². The van der Waals surface area contributed by atoms with Gasteiger partial charge in [-0.15, -0.1) is 0 Å². The quantitative estimate of drug-likeness (QED) is 0.0731. The summed E-state index contributed by atoms with van der Waals surface area (Å²) in [4.78, 5) is 51.2. The molecule has 2 bridgehead atoms. The van der Waals surface area contributed by atoms with Gasteiger partial charge < -0.3 is 20.1 Å². The van der Waals surface area contributed by atoms with Crippen LogP contribution in [0, 0.1) is 33.7 Å². The van der Waals surface area contributed by atoms with Crippen LogP contribution in [0.15, 0.2) is 72.3 Å². The molecule has 3 fully saturated rings. The largest absolute Gasteiger partial charge is 0.496 e. The van der Waals surface area contributed by atoms with Gasteiger partial charge in [0.2, 0.25) is 5.91 Å². The van der Waals surface area contributed by atoms with Crippen LogP contribution in [-0.4, -0.2) is 48.1 Å². The van der Waals surface area contributed by atoms with Crippen LogP contribution >= 0.6 is 0 Å². The van der Waals surface area contributed by atoms with Crippen molar-refractivity contribution < 1.29 is 59.5 Å². The second-order valence-corrected chi connectivity index (χ2v) is 13.8. The topological polar surface area (TPSA) is 137 Å².